The second-order valence-corrected chi connectivity index (χ2v) is 23.7. The zero-order chi connectivity index (χ0) is 48.2. The van der Waals surface area contributed by atoms with Gasteiger partial charge in [-0.15, -0.1) is 22.7 Å². The quantitative estimate of drug-likeness (QED) is 0.151. The Hall–Kier alpha value is -6.48. The highest BCUT2D eigenvalue weighted by molar-refractivity contribution is 7.26. The van der Waals surface area contributed by atoms with E-state index in [0.717, 1.165) is 66.6 Å². The molecule has 0 spiro atoms. The molecule has 0 N–H and O–H groups in total. The monoisotopic (exact) mass is 1010 g/mol. The molecule has 4 aromatic carbocycles. The Balaban J connectivity index is 0.000000206. The summed E-state index contributed by atoms with van der Waals surface area (Å²) in [5, 5.41) is 7.37. The van der Waals surface area contributed by atoms with Crippen LogP contribution < -0.4 is 0 Å². The molecule has 8 heterocycles. The largest absolute Gasteiger partial charge is 0.454 e. The van der Waals surface area contributed by atoms with Crippen LogP contribution in [-0.2, 0) is 21.7 Å². The molecule has 8 aromatic heterocycles. The van der Waals surface area contributed by atoms with Gasteiger partial charge in [-0.1, -0.05) is 187 Å². The van der Waals surface area contributed by atoms with Gasteiger partial charge in [0.1, 0.15) is 16.7 Å². The fourth-order valence-corrected chi connectivity index (χ4v) is 10.8. The highest BCUT2D eigenvalue weighted by Crippen LogP contribution is 2.39. The molecule has 12 rings (SSSR count). The molecule has 0 atom stereocenters. The van der Waals surface area contributed by atoms with E-state index >= 15 is 0 Å². The van der Waals surface area contributed by atoms with Crippen LogP contribution in [0.3, 0.4) is 0 Å². The number of furan rings is 2. The third-order valence-corrected chi connectivity index (χ3v) is 14.3. The first-order valence-electron chi connectivity index (χ1n) is 23.4. The van der Waals surface area contributed by atoms with Crippen LogP contribution >= 0.6 is 22.7 Å². The van der Waals surface area contributed by atoms with Crippen molar-refractivity contribution in [1.82, 2.24) is 19.9 Å². The number of hydrogen-bond donors (Lipinski definition) is 0. The number of para-hydroxylation sites is 2. The average Bonchev–Trinajstić information content (AvgIpc) is 4.08. The van der Waals surface area contributed by atoms with Crippen molar-refractivity contribution in [2.75, 3.05) is 0 Å². The van der Waals surface area contributed by atoms with E-state index in [9.17, 15) is 0 Å². The van der Waals surface area contributed by atoms with E-state index in [0.29, 0.717) is 0 Å². The normalized spacial score (nSPS) is 11.6. The molecule has 0 fully saturated rings. The van der Waals surface area contributed by atoms with Gasteiger partial charge in [0.05, 0.1) is 26.3 Å². The molecule has 73 heavy (non-hydrogen) atoms. The lowest BCUT2D eigenvalue weighted by Gasteiger charge is -2.18. The van der Waals surface area contributed by atoms with Crippen LogP contribution in [0.5, 0.6) is 0 Å². The summed E-state index contributed by atoms with van der Waals surface area (Å²) in [5.41, 5.74) is 10.5. The minimum Gasteiger partial charge on any atom is -0.454 e. The van der Waals surface area contributed by atoms with E-state index in [1.807, 2.05) is 89.7 Å². The number of benzene rings is 4. The van der Waals surface area contributed by atoms with Crippen LogP contribution in [-0.4, -0.2) is 19.9 Å². The molecule has 384 valence electrons. The smallest absolute Gasteiger partial charge is 0.157 e. The topological polar surface area (TPSA) is 77.8 Å². The van der Waals surface area contributed by atoms with Gasteiger partial charge >= 0.3 is 0 Å². The molecule has 12 aromatic rings. The summed E-state index contributed by atoms with van der Waals surface area (Å²) in [6.45, 7) is 26.3. The highest BCUT2D eigenvalue weighted by atomic mass is 32.1. The van der Waals surface area contributed by atoms with Crippen molar-refractivity contribution in [2.45, 2.75) is 142 Å². The molecule has 0 bridgehead atoms. The van der Waals surface area contributed by atoms with Gasteiger partial charge in [-0.05, 0) is 66.7 Å². The lowest BCUT2D eigenvalue weighted by molar-refractivity contribution is 0.553. The Morgan fingerprint density at radius 1 is 0.342 bits per heavy atom. The standard InChI is InChI=1S/2C15H15NO.2C15H15NS.5CH4/c1-15(2,3)14-13-11(8-9-16-14)10-6-4-5-7-12(10)17-13;1-15(2,3)13-9-8-12-14(16-13)10-6-4-5-7-11(10)17-12;1-15(2,3)14-13-11(8-9-16-14)10-6-4-5-7-12(10)17-13;1-15(2,3)13-9-8-12-14(16-13)10-6-4-5-7-11(10)17-12;;;;;/h4*4-9H,1-3H3;5*1H4. The SMILES string of the molecule is C.C.C.C.C.CC(C)(C)c1ccc2oc3ccccc3c2n1.CC(C)(C)c1ccc2sc3ccccc3c2n1.CC(C)(C)c1nccc2c1oc1ccccc12.CC(C)(C)c1nccc2c1sc1ccccc12. The molecule has 0 aliphatic rings. The van der Waals surface area contributed by atoms with Crippen LogP contribution in [0.2, 0.25) is 0 Å². The van der Waals surface area contributed by atoms with Crippen LogP contribution in [0, 0.1) is 0 Å². The Bertz CT molecular complexity index is 3480. The van der Waals surface area contributed by atoms with Crippen molar-refractivity contribution < 1.29 is 8.83 Å². The maximum Gasteiger partial charge on any atom is 0.157 e. The van der Waals surface area contributed by atoms with Gasteiger partial charge in [-0.25, -0.2) is 4.98 Å². The van der Waals surface area contributed by atoms with Gasteiger partial charge in [0.2, 0.25) is 0 Å². The summed E-state index contributed by atoms with van der Waals surface area (Å²) < 4.78 is 17.0. The van der Waals surface area contributed by atoms with Crippen LogP contribution in [0.4, 0.5) is 0 Å². The highest BCUT2D eigenvalue weighted by Gasteiger charge is 2.23. The van der Waals surface area contributed by atoms with Crippen molar-refractivity contribution in [3.05, 3.63) is 169 Å². The van der Waals surface area contributed by atoms with E-state index in [1.165, 1.54) is 40.7 Å². The van der Waals surface area contributed by atoms with Gasteiger partial charge in [0.25, 0.3) is 0 Å². The number of aromatic nitrogens is 4. The number of pyridine rings is 4. The van der Waals surface area contributed by atoms with E-state index in [4.69, 9.17) is 18.8 Å². The fourth-order valence-electron chi connectivity index (χ4n) is 8.39. The Morgan fingerprint density at radius 3 is 1.40 bits per heavy atom. The van der Waals surface area contributed by atoms with Gasteiger partial charge < -0.3 is 8.83 Å². The number of fused-ring (bicyclic) bond motifs is 12. The predicted molar refractivity (Wildman–Crippen MR) is 326 cm³/mol. The molecule has 8 heteroatoms. The van der Waals surface area contributed by atoms with E-state index in [-0.39, 0.29) is 58.8 Å². The van der Waals surface area contributed by atoms with Gasteiger partial charge in [-0.2, -0.15) is 0 Å². The number of nitrogens with zero attached hydrogens (tertiary/aromatic N) is 4. The van der Waals surface area contributed by atoms with Crippen LogP contribution in [0.15, 0.2) is 155 Å². The molecule has 0 saturated carbocycles. The van der Waals surface area contributed by atoms with E-state index < -0.39 is 0 Å². The molecule has 0 aliphatic carbocycles. The molecule has 0 saturated heterocycles. The Kier molecular flexibility index (Phi) is 18.4. The maximum absolute atomic E-state index is 5.95. The minimum atomic E-state index is -0.00656. The van der Waals surface area contributed by atoms with Crippen LogP contribution in [0.25, 0.3) is 84.5 Å². The van der Waals surface area contributed by atoms with Crippen molar-refractivity contribution >= 4 is 107 Å². The lowest BCUT2D eigenvalue weighted by atomic mass is 9.90. The molecule has 0 aliphatic heterocycles. The first-order valence-corrected chi connectivity index (χ1v) is 25.0. The average molecular weight is 1010 g/mol. The third-order valence-electron chi connectivity index (χ3n) is 12.0. The zero-order valence-electron chi connectivity index (χ0n) is 41.3. The zero-order valence-corrected chi connectivity index (χ0v) is 42.9. The molecular formula is C65H80N4O2S2. The third kappa shape index (κ3) is 12.1. The van der Waals surface area contributed by atoms with Crippen molar-refractivity contribution in [1.29, 1.82) is 0 Å². The summed E-state index contributed by atoms with van der Waals surface area (Å²) in [7, 11) is 0. The number of hydrogen-bond acceptors (Lipinski definition) is 8. The summed E-state index contributed by atoms with van der Waals surface area (Å²) in [4.78, 5) is 18.6. The number of rotatable bonds is 0. The van der Waals surface area contributed by atoms with Gasteiger partial charge in [-0.3, -0.25) is 15.0 Å². The number of thiophene rings is 2. The molecule has 0 amide bonds. The summed E-state index contributed by atoms with van der Waals surface area (Å²) in [6.07, 6.45) is 3.80. The van der Waals surface area contributed by atoms with Crippen molar-refractivity contribution in [3.63, 3.8) is 0 Å². The van der Waals surface area contributed by atoms with Gasteiger partial charge in [0.15, 0.2) is 11.2 Å². The van der Waals surface area contributed by atoms with Gasteiger partial charge in [0, 0.05) is 87.2 Å². The van der Waals surface area contributed by atoms with E-state index in [2.05, 4.69) is 172 Å². The maximum atomic E-state index is 5.95. The summed E-state index contributed by atoms with van der Waals surface area (Å²) in [6, 6.07) is 45.8. The first kappa shape index (κ1) is 59.1. The summed E-state index contributed by atoms with van der Waals surface area (Å²) >= 11 is 3.67. The Labute approximate surface area is 444 Å². The fraction of sp³-hybridized carbons (Fsp3) is 0.323. The second kappa shape index (κ2) is 22.7. The molecule has 0 radical (unpaired) electrons. The molecular weight excluding hydrogens is 933 g/mol. The van der Waals surface area contributed by atoms with Crippen molar-refractivity contribution in [3.8, 4) is 0 Å². The molecule has 6 nitrogen and oxygen atoms in total. The molecule has 0 unspecified atom stereocenters. The Morgan fingerprint density at radius 2 is 0.808 bits per heavy atom. The summed E-state index contributed by atoms with van der Waals surface area (Å²) in [5.74, 6) is 0. The first-order chi connectivity index (χ1) is 32.3. The van der Waals surface area contributed by atoms with Crippen molar-refractivity contribution in [2.24, 2.45) is 0 Å². The predicted octanol–water partition coefficient (Wildman–Crippen LogP) is 21.2. The lowest BCUT2D eigenvalue weighted by Crippen LogP contribution is -2.13. The minimum absolute atomic E-state index is 0. The van der Waals surface area contributed by atoms with Crippen LogP contribution in [0.1, 0.15) is 143 Å². The second-order valence-electron chi connectivity index (χ2n) is 21.6. The van der Waals surface area contributed by atoms with E-state index in [1.54, 1.807) is 0 Å².